The number of esters is 1. The number of hydrogen-bond acceptors (Lipinski definition) is 4. The second-order valence-electron chi connectivity index (χ2n) is 2.89. The second kappa shape index (κ2) is 5.54. The van der Waals surface area contributed by atoms with E-state index in [1.807, 2.05) is 0 Å². The maximum absolute atomic E-state index is 11.5. The van der Waals surface area contributed by atoms with Crippen LogP contribution in [0.1, 0.15) is 6.92 Å². The Morgan fingerprint density at radius 2 is 2.07 bits per heavy atom. The summed E-state index contributed by atoms with van der Waals surface area (Å²) in [5, 5.41) is 0. The van der Waals surface area contributed by atoms with Gasteiger partial charge in [0.2, 0.25) is 5.91 Å². The molecule has 0 aliphatic rings. The molecular formula is C8H14N2O3S. The molecule has 1 unspecified atom stereocenters. The van der Waals surface area contributed by atoms with Gasteiger partial charge in [0.15, 0.2) is 0 Å². The van der Waals surface area contributed by atoms with Crippen LogP contribution in [-0.2, 0) is 14.3 Å². The summed E-state index contributed by atoms with van der Waals surface area (Å²) in [5.74, 6) is -1.32. The van der Waals surface area contributed by atoms with E-state index < -0.39 is 11.9 Å². The van der Waals surface area contributed by atoms with Gasteiger partial charge in [-0.3, -0.25) is 9.59 Å². The molecule has 0 bridgehead atoms. The van der Waals surface area contributed by atoms with Crippen molar-refractivity contribution in [2.24, 2.45) is 11.7 Å². The highest BCUT2D eigenvalue weighted by atomic mass is 32.1. The molecule has 0 rings (SSSR count). The number of amides is 1. The van der Waals surface area contributed by atoms with Crippen LogP contribution in [0.25, 0.3) is 0 Å². The summed E-state index contributed by atoms with van der Waals surface area (Å²) in [5.41, 5.74) is 5.31. The van der Waals surface area contributed by atoms with Gasteiger partial charge in [-0.2, -0.15) is 0 Å². The fourth-order valence-electron chi connectivity index (χ4n) is 0.788. The zero-order valence-electron chi connectivity index (χ0n) is 8.44. The van der Waals surface area contributed by atoms with Crippen LogP contribution in [0.3, 0.4) is 0 Å². The topological polar surface area (TPSA) is 72.6 Å². The van der Waals surface area contributed by atoms with Crippen LogP contribution < -0.4 is 5.73 Å². The van der Waals surface area contributed by atoms with Gasteiger partial charge in [-0.25, -0.2) is 0 Å². The van der Waals surface area contributed by atoms with Crippen LogP contribution in [0.5, 0.6) is 0 Å². The van der Waals surface area contributed by atoms with Gasteiger partial charge in [-0.15, -0.1) is 0 Å². The third-order valence-electron chi connectivity index (χ3n) is 1.77. The Hall–Kier alpha value is -1.17. The van der Waals surface area contributed by atoms with E-state index >= 15 is 0 Å². The summed E-state index contributed by atoms with van der Waals surface area (Å²) >= 11 is 4.67. The van der Waals surface area contributed by atoms with Crippen LogP contribution in [0.2, 0.25) is 0 Å². The van der Waals surface area contributed by atoms with Crippen LogP contribution in [-0.4, -0.2) is 42.5 Å². The molecule has 80 valence electrons. The molecule has 0 radical (unpaired) electrons. The first-order valence-corrected chi connectivity index (χ1v) is 4.42. The zero-order chi connectivity index (χ0) is 11.3. The standard InChI is InChI=1S/C8H14N2O3S/c1-5(7(9)14)8(12)10(2)4-6(11)13-3/h5H,4H2,1-3H3,(H2,9,14). The van der Waals surface area contributed by atoms with Crippen molar-refractivity contribution in [3.05, 3.63) is 0 Å². The van der Waals surface area contributed by atoms with Crippen molar-refractivity contribution in [2.45, 2.75) is 6.92 Å². The number of rotatable bonds is 4. The Bertz CT molecular complexity index is 255. The minimum Gasteiger partial charge on any atom is -0.468 e. The van der Waals surface area contributed by atoms with E-state index in [-0.39, 0.29) is 17.4 Å². The number of hydrogen-bond donors (Lipinski definition) is 1. The summed E-state index contributed by atoms with van der Waals surface area (Å²) in [6.07, 6.45) is 0. The van der Waals surface area contributed by atoms with Gasteiger partial charge in [0.25, 0.3) is 0 Å². The van der Waals surface area contributed by atoms with Gasteiger partial charge >= 0.3 is 5.97 Å². The first-order valence-electron chi connectivity index (χ1n) is 4.01. The minimum absolute atomic E-state index is 0.0950. The predicted molar refractivity (Wildman–Crippen MR) is 55.6 cm³/mol. The first kappa shape index (κ1) is 12.8. The van der Waals surface area contributed by atoms with Crippen LogP contribution in [0.15, 0.2) is 0 Å². The van der Waals surface area contributed by atoms with Crippen LogP contribution >= 0.6 is 12.2 Å². The molecule has 1 atom stereocenters. The van der Waals surface area contributed by atoms with Crippen molar-refractivity contribution in [1.29, 1.82) is 0 Å². The lowest BCUT2D eigenvalue weighted by molar-refractivity contribution is -0.146. The van der Waals surface area contributed by atoms with E-state index in [1.165, 1.54) is 19.1 Å². The maximum Gasteiger partial charge on any atom is 0.325 e. The number of carbonyl (C=O) groups excluding carboxylic acids is 2. The number of nitrogens with two attached hydrogens (primary N) is 1. The van der Waals surface area contributed by atoms with Gasteiger partial charge in [-0.05, 0) is 6.92 Å². The van der Waals surface area contributed by atoms with E-state index in [0.29, 0.717) is 0 Å². The highest BCUT2D eigenvalue weighted by molar-refractivity contribution is 7.80. The van der Waals surface area contributed by atoms with Crippen molar-refractivity contribution < 1.29 is 14.3 Å². The van der Waals surface area contributed by atoms with Gasteiger partial charge in [0, 0.05) is 7.05 Å². The normalized spacial score (nSPS) is 11.6. The molecule has 0 aromatic heterocycles. The number of ether oxygens (including phenoxy) is 1. The van der Waals surface area contributed by atoms with Crippen molar-refractivity contribution in [2.75, 3.05) is 20.7 Å². The number of thiocarbonyl (C=S) groups is 1. The van der Waals surface area contributed by atoms with Crippen LogP contribution in [0, 0.1) is 5.92 Å². The van der Waals surface area contributed by atoms with Gasteiger partial charge in [-0.1, -0.05) is 12.2 Å². The molecule has 0 aliphatic heterocycles. The zero-order valence-corrected chi connectivity index (χ0v) is 9.26. The Labute approximate surface area is 88.2 Å². The predicted octanol–water partition coefficient (Wildman–Crippen LogP) is -0.460. The fraction of sp³-hybridized carbons (Fsp3) is 0.625. The van der Waals surface area contributed by atoms with E-state index in [1.54, 1.807) is 6.92 Å². The summed E-state index contributed by atoms with van der Waals surface area (Å²) in [4.78, 5) is 23.7. The SMILES string of the molecule is COC(=O)CN(C)C(=O)C(C)C(N)=S. The average Bonchev–Trinajstić information content (AvgIpc) is 2.14. The van der Waals surface area contributed by atoms with Crippen molar-refractivity contribution >= 4 is 29.1 Å². The first-order chi connectivity index (χ1) is 6.40. The molecule has 6 heteroatoms. The van der Waals surface area contributed by atoms with E-state index in [2.05, 4.69) is 17.0 Å². The Kier molecular flexibility index (Phi) is 5.07. The highest BCUT2D eigenvalue weighted by Crippen LogP contribution is 2.01. The third kappa shape index (κ3) is 3.69. The van der Waals surface area contributed by atoms with Crippen molar-refractivity contribution in [3.63, 3.8) is 0 Å². The molecule has 2 N–H and O–H groups in total. The molecule has 0 fully saturated rings. The molecule has 0 heterocycles. The average molecular weight is 218 g/mol. The third-order valence-corrected chi connectivity index (χ3v) is 2.12. The molecule has 0 aliphatic carbocycles. The van der Waals surface area contributed by atoms with Crippen LogP contribution in [0.4, 0.5) is 0 Å². The van der Waals surface area contributed by atoms with Crippen molar-refractivity contribution in [3.8, 4) is 0 Å². The molecule has 0 aromatic rings. The monoisotopic (exact) mass is 218 g/mol. The Morgan fingerprint density at radius 3 is 2.43 bits per heavy atom. The number of carbonyl (C=O) groups is 2. The van der Waals surface area contributed by atoms with Crippen molar-refractivity contribution in [1.82, 2.24) is 4.90 Å². The summed E-state index contributed by atoms with van der Waals surface area (Å²) in [6.45, 7) is 1.50. The smallest absolute Gasteiger partial charge is 0.325 e. The largest absolute Gasteiger partial charge is 0.468 e. The van der Waals surface area contributed by atoms with Gasteiger partial charge in [0.05, 0.1) is 18.0 Å². The second-order valence-corrected chi connectivity index (χ2v) is 3.37. The minimum atomic E-state index is -0.556. The number of methoxy groups -OCH3 is 1. The van der Waals surface area contributed by atoms with Gasteiger partial charge in [0.1, 0.15) is 6.54 Å². The molecule has 1 amide bonds. The Balaban J connectivity index is 4.25. The quantitative estimate of drug-likeness (QED) is 0.510. The molecular weight excluding hydrogens is 204 g/mol. The summed E-state index contributed by atoms with van der Waals surface area (Å²) in [7, 11) is 2.76. The van der Waals surface area contributed by atoms with Gasteiger partial charge < -0.3 is 15.4 Å². The van der Waals surface area contributed by atoms with E-state index in [0.717, 1.165) is 0 Å². The Morgan fingerprint density at radius 1 is 1.57 bits per heavy atom. The molecule has 14 heavy (non-hydrogen) atoms. The maximum atomic E-state index is 11.5. The lowest BCUT2D eigenvalue weighted by Crippen LogP contribution is -2.40. The summed E-state index contributed by atoms with van der Waals surface area (Å²) in [6, 6.07) is 0. The lowest BCUT2D eigenvalue weighted by atomic mass is 10.1. The lowest BCUT2D eigenvalue weighted by Gasteiger charge is -2.19. The van der Waals surface area contributed by atoms with E-state index in [4.69, 9.17) is 5.73 Å². The highest BCUT2D eigenvalue weighted by Gasteiger charge is 2.21. The molecule has 0 aromatic carbocycles. The molecule has 0 saturated carbocycles. The number of likely N-dealkylation sites (N-methyl/N-ethyl adjacent to an activating group) is 1. The number of nitrogens with zero attached hydrogens (tertiary/aromatic N) is 1. The fourth-order valence-corrected chi connectivity index (χ4v) is 0.889. The molecule has 0 saturated heterocycles. The molecule has 5 nitrogen and oxygen atoms in total. The summed E-state index contributed by atoms with van der Waals surface area (Å²) < 4.78 is 4.41. The van der Waals surface area contributed by atoms with E-state index in [9.17, 15) is 9.59 Å². The molecule has 0 spiro atoms.